The number of hydrogen-bond donors (Lipinski definition) is 2. The van der Waals surface area contributed by atoms with Gasteiger partial charge in [0.05, 0.1) is 0 Å². The van der Waals surface area contributed by atoms with Gasteiger partial charge in [0.2, 0.25) is 0 Å². The normalized spacial score (nSPS) is 34.5. The molecule has 2 fully saturated rings. The lowest BCUT2D eigenvalue weighted by atomic mass is 9.64. The van der Waals surface area contributed by atoms with E-state index >= 15 is 0 Å². The first-order valence-corrected chi connectivity index (χ1v) is 7.67. The summed E-state index contributed by atoms with van der Waals surface area (Å²) < 4.78 is 5.50. The van der Waals surface area contributed by atoms with Crippen LogP contribution in [0, 0.1) is 17.3 Å². The van der Waals surface area contributed by atoms with E-state index in [0.29, 0.717) is 18.4 Å². The Labute approximate surface area is 122 Å². The summed E-state index contributed by atoms with van der Waals surface area (Å²) in [6.07, 6.45) is 0.854. The standard InChI is InChI=1S/C15H29N3O2/c1-11-8-17-9-12(7-16)15(11)5-6-18(10-15)13(19)20-14(2,3)4/h11-12,17H,5-10,16H2,1-4H3. The number of nitrogens with zero attached hydrogens (tertiary/aromatic N) is 1. The van der Waals surface area contributed by atoms with E-state index < -0.39 is 5.60 Å². The third kappa shape index (κ3) is 2.93. The van der Waals surface area contributed by atoms with Crippen molar-refractivity contribution in [1.82, 2.24) is 10.2 Å². The molecule has 5 heteroatoms. The molecule has 2 heterocycles. The SMILES string of the molecule is CC1CNCC(CN)C12CCN(C(=O)OC(C)(C)C)C2. The molecule has 0 aromatic carbocycles. The van der Waals surface area contributed by atoms with Crippen LogP contribution < -0.4 is 11.1 Å². The molecule has 3 N–H and O–H groups in total. The monoisotopic (exact) mass is 283 g/mol. The van der Waals surface area contributed by atoms with Crippen molar-refractivity contribution >= 4 is 6.09 Å². The van der Waals surface area contributed by atoms with Crippen LogP contribution in [0.15, 0.2) is 0 Å². The van der Waals surface area contributed by atoms with Crippen molar-refractivity contribution in [2.75, 3.05) is 32.7 Å². The van der Waals surface area contributed by atoms with Crippen LogP contribution in [-0.2, 0) is 4.74 Å². The smallest absolute Gasteiger partial charge is 0.410 e. The summed E-state index contributed by atoms with van der Waals surface area (Å²) in [5.41, 5.74) is 5.70. The largest absolute Gasteiger partial charge is 0.444 e. The molecular weight excluding hydrogens is 254 g/mol. The molecule has 2 aliphatic rings. The van der Waals surface area contributed by atoms with Crippen LogP contribution in [-0.4, -0.2) is 49.3 Å². The highest BCUT2D eigenvalue weighted by atomic mass is 16.6. The van der Waals surface area contributed by atoms with Gasteiger partial charge in [-0.1, -0.05) is 6.92 Å². The average molecular weight is 283 g/mol. The molecule has 1 spiro atoms. The predicted octanol–water partition coefficient (Wildman–Crippen LogP) is 1.43. The molecular formula is C15H29N3O2. The number of ether oxygens (including phenoxy) is 1. The Morgan fingerprint density at radius 1 is 1.45 bits per heavy atom. The summed E-state index contributed by atoms with van der Waals surface area (Å²) in [4.78, 5) is 14.1. The number of rotatable bonds is 1. The van der Waals surface area contributed by atoms with Gasteiger partial charge in [-0.15, -0.1) is 0 Å². The van der Waals surface area contributed by atoms with Crippen LogP contribution in [0.5, 0.6) is 0 Å². The number of nitrogens with one attached hydrogen (secondary N) is 1. The van der Waals surface area contributed by atoms with Crippen molar-refractivity contribution in [3.8, 4) is 0 Å². The number of amides is 1. The maximum atomic E-state index is 12.2. The highest BCUT2D eigenvalue weighted by Crippen LogP contribution is 2.45. The van der Waals surface area contributed by atoms with Gasteiger partial charge in [-0.25, -0.2) is 4.79 Å². The highest BCUT2D eigenvalue weighted by molar-refractivity contribution is 5.68. The minimum absolute atomic E-state index is 0.164. The third-order valence-electron chi connectivity index (χ3n) is 4.90. The van der Waals surface area contributed by atoms with Crippen LogP contribution in [0.2, 0.25) is 0 Å². The van der Waals surface area contributed by atoms with E-state index in [1.165, 1.54) is 0 Å². The van der Waals surface area contributed by atoms with Gasteiger partial charge >= 0.3 is 6.09 Å². The Balaban J connectivity index is 2.07. The Bertz CT molecular complexity index is 367. The van der Waals surface area contributed by atoms with E-state index in [1.54, 1.807) is 0 Å². The number of carbonyl (C=O) groups excluding carboxylic acids is 1. The summed E-state index contributed by atoms with van der Waals surface area (Å²) in [6, 6.07) is 0. The highest BCUT2D eigenvalue weighted by Gasteiger charge is 2.50. The first kappa shape index (κ1) is 15.6. The molecule has 116 valence electrons. The molecule has 0 saturated carbocycles. The molecule has 1 amide bonds. The van der Waals surface area contributed by atoms with Crippen LogP contribution in [0.3, 0.4) is 0 Å². The average Bonchev–Trinajstić information content (AvgIpc) is 2.77. The van der Waals surface area contributed by atoms with Crippen molar-refractivity contribution in [1.29, 1.82) is 0 Å². The van der Waals surface area contributed by atoms with Gasteiger partial charge in [0, 0.05) is 13.1 Å². The van der Waals surface area contributed by atoms with E-state index in [-0.39, 0.29) is 11.5 Å². The van der Waals surface area contributed by atoms with E-state index in [1.807, 2.05) is 25.7 Å². The van der Waals surface area contributed by atoms with Gasteiger partial charge < -0.3 is 20.7 Å². The molecule has 2 saturated heterocycles. The summed E-state index contributed by atoms with van der Waals surface area (Å²) in [6.45, 7) is 12.2. The number of nitrogens with two attached hydrogens (primary N) is 1. The summed E-state index contributed by atoms with van der Waals surface area (Å²) in [7, 11) is 0. The second kappa shape index (κ2) is 5.53. The molecule has 5 nitrogen and oxygen atoms in total. The van der Waals surface area contributed by atoms with Gasteiger partial charge in [0.25, 0.3) is 0 Å². The second-order valence-electron chi connectivity index (χ2n) is 7.38. The quantitative estimate of drug-likeness (QED) is 0.764. The maximum absolute atomic E-state index is 12.2. The molecule has 0 aliphatic carbocycles. The van der Waals surface area contributed by atoms with Gasteiger partial charge in [-0.3, -0.25) is 0 Å². The summed E-state index contributed by atoms with van der Waals surface area (Å²) >= 11 is 0. The van der Waals surface area contributed by atoms with Gasteiger partial charge in [-0.2, -0.15) is 0 Å². The molecule has 0 bridgehead atoms. The van der Waals surface area contributed by atoms with Crippen LogP contribution in [0.25, 0.3) is 0 Å². The topological polar surface area (TPSA) is 67.6 Å². The maximum Gasteiger partial charge on any atom is 0.410 e. The predicted molar refractivity (Wildman–Crippen MR) is 79.4 cm³/mol. The molecule has 20 heavy (non-hydrogen) atoms. The number of likely N-dealkylation sites (tertiary alicyclic amines) is 1. The van der Waals surface area contributed by atoms with Crippen molar-refractivity contribution in [2.24, 2.45) is 23.0 Å². The van der Waals surface area contributed by atoms with Crippen LogP contribution >= 0.6 is 0 Å². The van der Waals surface area contributed by atoms with E-state index in [2.05, 4.69) is 12.2 Å². The molecule has 0 aromatic rings. The zero-order valence-electron chi connectivity index (χ0n) is 13.2. The fourth-order valence-electron chi connectivity index (χ4n) is 3.68. The summed E-state index contributed by atoms with van der Waals surface area (Å²) in [5.74, 6) is 0.982. The molecule has 0 radical (unpaired) electrons. The third-order valence-corrected chi connectivity index (χ3v) is 4.90. The molecule has 3 unspecified atom stereocenters. The van der Waals surface area contributed by atoms with Gasteiger partial charge in [0.1, 0.15) is 5.60 Å². The van der Waals surface area contributed by atoms with Gasteiger partial charge in [-0.05, 0) is 64.1 Å². The van der Waals surface area contributed by atoms with E-state index in [4.69, 9.17) is 10.5 Å². The zero-order valence-corrected chi connectivity index (χ0v) is 13.2. The Morgan fingerprint density at radius 3 is 2.75 bits per heavy atom. The van der Waals surface area contributed by atoms with Crippen LogP contribution in [0.1, 0.15) is 34.1 Å². The minimum Gasteiger partial charge on any atom is -0.444 e. The van der Waals surface area contributed by atoms with Crippen molar-refractivity contribution < 1.29 is 9.53 Å². The molecule has 3 atom stereocenters. The minimum atomic E-state index is -0.431. The van der Waals surface area contributed by atoms with E-state index in [9.17, 15) is 4.79 Å². The fourth-order valence-corrected chi connectivity index (χ4v) is 3.68. The molecule has 0 aromatic heterocycles. The summed E-state index contributed by atoms with van der Waals surface area (Å²) in [5, 5.41) is 3.45. The molecule has 2 aliphatic heterocycles. The van der Waals surface area contributed by atoms with E-state index in [0.717, 1.165) is 32.6 Å². The second-order valence-corrected chi connectivity index (χ2v) is 7.38. The molecule has 2 rings (SSSR count). The first-order valence-electron chi connectivity index (χ1n) is 7.67. The Morgan fingerprint density at radius 2 is 2.15 bits per heavy atom. The Kier molecular flexibility index (Phi) is 4.30. The number of hydrogen-bond acceptors (Lipinski definition) is 4. The fraction of sp³-hybridized carbons (Fsp3) is 0.933. The zero-order chi connectivity index (χ0) is 15.0. The van der Waals surface area contributed by atoms with Gasteiger partial charge in [0.15, 0.2) is 0 Å². The number of carbonyl (C=O) groups is 1. The Hall–Kier alpha value is -0.810. The number of piperidine rings is 1. The van der Waals surface area contributed by atoms with Crippen molar-refractivity contribution in [3.05, 3.63) is 0 Å². The lowest BCUT2D eigenvalue weighted by Crippen LogP contribution is -2.55. The lowest BCUT2D eigenvalue weighted by Gasteiger charge is -2.46. The lowest BCUT2D eigenvalue weighted by molar-refractivity contribution is 0.0175. The van der Waals surface area contributed by atoms with Crippen molar-refractivity contribution in [3.63, 3.8) is 0 Å². The van der Waals surface area contributed by atoms with Crippen LogP contribution in [0.4, 0.5) is 4.79 Å². The van der Waals surface area contributed by atoms with Crippen molar-refractivity contribution in [2.45, 2.75) is 39.7 Å². The first-order chi connectivity index (χ1) is 9.28.